The maximum absolute atomic E-state index is 7.17. The van der Waals surface area contributed by atoms with E-state index in [1.165, 1.54) is 77.1 Å². The Morgan fingerprint density at radius 3 is 1.83 bits per heavy atom. The van der Waals surface area contributed by atoms with Gasteiger partial charge in [0.2, 0.25) is 0 Å². The smallest absolute Gasteiger partial charge is 0.134 e. The Kier molecular flexibility index (Phi) is 7.38. The molecule has 2 heterocycles. The highest BCUT2D eigenvalue weighted by Gasteiger charge is 2.49. The van der Waals surface area contributed by atoms with E-state index in [1.807, 2.05) is 0 Å². The average molecular weight is 831 g/mol. The molecule has 0 radical (unpaired) electrons. The van der Waals surface area contributed by atoms with Crippen LogP contribution in [0.25, 0.3) is 60.5 Å². The van der Waals surface area contributed by atoms with Crippen LogP contribution < -0.4 is 9.64 Å². The summed E-state index contributed by atoms with van der Waals surface area (Å²) >= 11 is 0. The fourth-order valence-corrected chi connectivity index (χ4v) is 12.1. The molecule has 0 bridgehead atoms. The van der Waals surface area contributed by atoms with Crippen LogP contribution in [0, 0.1) is 0 Å². The first-order valence-electron chi connectivity index (χ1n) is 22.7. The van der Waals surface area contributed by atoms with Gasteiger partial charge in [0, 0.05) is 56.1 Å². The van der Waals surface area contributed by atoms with Crippen LogP contribution in [-0.4, -0.2) is 4.57 Å². The minimum Gasteiger partial charge on any atom is -0.457 e. The topological polar surface area (TPSA) is 17.4 Å². The Bertz CT molecular complexity index is 3800. The van der Waals surface area contributed by atoms with E-state index in [4.69, 9.17) is 4.74 Å². The summed E-state index contributed by atoms with van der Waals surface area (Å²) in [5.74, 6) is 1.73. The van der Waals surface area contributed by atoms with Crippen molar-refractivity contribution in [1.82, 2.24) is 4.57 Å². The Balaban J connectivity index is 1.03. The summed E-state index contributed by atoms with van der Waals surface area (Å²) in [5, 5.41) is 4.96. The average Bonchev–Trinajstić information content (AvgIpc) is 3.80. The Morgan fingerprint density at radius 2 is 0.969 bits per heavy atom. The number of hydrogen-bond acceptors (Lipinski definition) is 2. The van der Waals surface area contributed by atoms with Crippen molar-refractivity contribution in [1.29, 1.82) is 0 Å². The number of benzene rings is 10. The van der Waals surface area contributed by atoms with Crippen LogP contribution in [0.4, 0.5) is 17.1 Å². The van der Waals surface area contributed by atoms with Crippen molar-refractivity contribution in [2.75, 3.05) is 4.90 Å². The molecule has 3 aliphatic rings. The number of rotatable bonds is 4. The predicted molar refractivity (Wildman–Crippen MR) is 268 cm³/mol. The molecule has 65 heavy (non-hydrogen) atoms. The lowest BCUT2D eigenvalue weighted by Gasteiger charge is -2.45. The molecule has 1 aromatic heterocycles. The van der Waals surface area contributed by atoms with E-state index in [9.17, 15) is 0 Å². The van der Waals surface area contributed by atoms with Crippen LogP contribution in [0.1, 0.15) is 47.2 Å². The zero-order valence-corrected chi connectivity index (χ0v) is 36.1. The molecular weight excluding hydrogens is 789 g/mol. The zero-order valence-electron chi connectivity index (χ0n) is 36.1. The van der Waals surface area contributed by atoms with E-state index in [2.05, 4.69) is 242 Å². The van der Waals surface area contributed by atoms with Crippen molar-refractivity contribution in [2.24, 2.45) is 0 Å². The number of anilines is 3. The summed E-state index contributed by atoms with van der Waals surface area (Å²) in [6.45, 7) is 4.72. The van der Waals surface area contributed by atoms with Crippen molar-refractivity contribution < 1.29 is 4.74 Å². The molecule has 306 valence electrons. The summed E-state index contributed by atoms with van der Waals surface area (Å²) < 4.78 is 9.55. The molecule has 1 unspecified atom stereocenters. The van der Waals surface area contributed by atoms with Crippen molar-refractivity contribution in [3.8, 4) is 39.4 Å². The number of hydrogen-bond donors (Lipinski definition) is 0. The van der Waals surface area contributed by atoms with Crippen LogP contribution in [-0.2, 0) is 10.8 Å². The first-order valence-corrected chi connectivity index (χ1v) is 22.7. The maximum atomic E-state index is 7.17. The SMILES string of the molecule is CC1(C)c2ccccc2-c2ccc(N(c3ccc4c(c3)Oc3ccccc3C43c4ccccc4-c4cccc5cccc3c45)c3ccc4c(c3)c3ccccc3n4-c3ccccc3)cc21. The normalized spacial score (nSPS) is 15.8. The van der Waals surface area contributed by atoms with Crippen LogP contribution >= 0.6 is 0 Å². The Hall–Kier alpha value is -8.14. The van der Waals surface area contributed by atoms with Gasteiger partial charge in [0.25, 0.3) is 0 Å². The van der Waals surface area contributed by atoms with Crippen LogP contribution in [0.3, 0.4) is 0 Å². The lowest BCUT2D eigenvalue weighted by atomic mass is 9.58. The molecule has 1 spiro atoms. The van der Waals surface area contributed by atoms with Gasteiger partial charge in [-0.15, -0.1) is 0 Å². The molecule has 10 aromatic carbocycles. The first kappa shape index (κ1) is 36.4. The zero-order chi connectivity index (χ0) is 43.0. The second-order valence-electron chi connectivity index (χ2n) is 18.4. The second kappa shape index (κ2) is 13.2. The molecule has 0 saturated heterocycles. The fraction of sp³-hybridized carbons (Fsp3) is 0.0645. The van der Waals surface area contributed by atoms with Crippen LogP contribution in [0.5, 0.6) is 11.5 Å². The third kappa shape index (κ3) is 4.85. The number of aromatic nitrogens is 1. The molecule has 14 rings (SSSR count). The van der Waals surface area contributed by atoms with Gasteiger partial charge in [-0.1, -0.05) is 166 Å². The lowest BCUT2D eigenvalue weighted by molar-refractivity contribution is 0.435. The van der Waals surface area contributed by atoms with Gasteiger partial charge < -0.3 is 14.2 Å². The molecule has 1 atom stereocenters. The highest BCUT2D eigenvalue weighted by molar-refractivity contribution is 6.11. The molecular formula is C62H42N2O. The number of fused-ring (bicyclic) bond motifs is 14. The Morgan fingerprint density at radius 1 is 0.385 bits per heavy atom. The number of nitrogens with zero attached hydrogens (tertiary/aromatic N) is 2. The quantitative estimate of drug-likeness (QED) is 0.176. The third-order valence-electron chi connectivity index (χ3n) is 14.8. The Labute approximate surface area is 378 Å². The van der Waals surface area contributed by atoms with Crippen molar-refractivity contribution in [2.45, 2.75) is 24.7 Å². The molecule has 11 aromatic rings. The molecule has 0 amide bonds. The highest BCUT2D eigenvalue weighted by atomic mass is 16.5. The molecule has 1 aliphatic heterocycles. The largest absolute Gasteiger partial charge is 0.457 e. The monoisotopic (exact) mass is 830 g/mol. The summed E-state index contributed by atoms with van der Waals surface area (Å²) in [7, 11) is 0. The standard InChI is InChI=1S/C62H42N2O/c1-61(2)50-24-9-6-20-44(50)46-33-30-42(37-55(46)61)63(41-32-35-57-49(36-41)47-22-8-12-28-56(47)64(57)40-18-4-3-5-19-40)43-31-34-53-59(38-43)65-58-29-13-11-26-52(58)62(53)51-25-10-7-21-45(51)48-23-14-16-39-17-15-27-54(62)60(39)48/h3-38H,1-2H3. The van der Waals surface area contributed by atoms with Crippen LogP contribution in [0.15, 0.2) is 218 Å². The van der Waals surface area contributed by atoms with E-state index in [-0.39, 0.29) is 5.41 Å². The first-order chi connectivity index (χ1) is 32.0. The van der Waals surface area contributed by atoms with Gasteiger partial charge in [0.15, 0.2) is 0 Å². The van der Waals surface area contributed by atoms with Gasteiger partial charge in [0.05, 0.1) is 16.4 Å². The van der Waals surface area contributed by atoms with E-state index in [1.54, 1.807) is 0 Å². The minimum atomic E-state index is -0.612. The minimum absolute atomic E-state index is 0.165. The molecule has 3 heteroatoms. The van der Waals surface area contributed by atoms with Gasteiger partial charge in [-0.25, -0.2) is 0 Å². The van der Waals surface area contributed by atoms with E-state index >= 15 is 0 Å². The number of ether oxygens (including phenoxy) is 1. The predicted octanol–water partition coefficient (Wildman–Crippen LogP) is 16.2. The van der Waals surface area contributed by atoms with Gasteiger partial charge in [-0.3, -0.25) is 0 Å². The van der Waals surface area contributed by atoms with Gasteiger partial charge >= 0.3 is 0 Å². The molecule has 0 fully saturated rings. The molecule has 2 aliphatic carbocycles. The fourth-order valence-electron chi connectivity index (χ4n) is 12.1. The third-order valence-corrected chi connectivity index (χ3v) is 14.8. The van der Waals surface area contributed by atoms with Gasteiger partial charge in [-0.05, 0) is 116 Å². The number of para-hydroxylation sites is 3. The summed E-state index contributed by atoms with van der Waals surface area (Å²) in [4.78, 5) is 2.44. The highest BCUT2D eigenvalue weighted by Crippen LogP contribution is 2.62. The van der Waals surface area contributed by atoms with Crippen molar-refractivity contribution in [3.05, 3.63) is 252 Å². The van der Waals surface area contributed by atoms with E-state index < -0.39 is 5.41 Å². The van der Waals surface area contributed by atoms with Gasteiger partial charge in [-0.2, -0.15) is 0 Å². The lowest BCUT2D eigenvalue weighted by Crippen LogP contribution is -2.36. The second-order valence-corrected chi connectivity index (χ2v) is 18.4. The summed E-state index contributed by atoms with van der Waals surface area (Å²) in [5.41, 5.74) is 18.6. The molecule has 3 nitrogen and oxygen atoms in total. The van der Waals surface area contributed by atoms with Crippen molar-refractivity contribution >= 4 is 49.6 Å². The van der Waals surface area contributed by atoms with E-state index in [0.717, 1.165) is 45.4 Å². The van der Waals surface area contributed by atoms with Crippen LogP contribution in [0.2, 0.25) is 0 Å². The summed E-state index contributed by atoms with van der Waals surface area (Å²) in [6, 6.07) is 80.6. The summed E-state index contributed by atoms with van der Waals surface area (Å²) in [6.07, 6.45) is 0. The van der Waals surface area contributed by atoms with E-state index in [0.29, 0.717) is 0 Å². The van der Waals surface area contributed by atoms with Crippen molar-refractivity contribution in [3.63, 3.8) is 0 Å². The van der Waals surface area contributed by atoms with Gasteiger partial charge in [0.1, 0.15) is 11.5 Å². The maximum Gasteiger partial charge on any atom is 0.134 e. The molecule has 0 N–H and O–H groups in total. The molecule has 0 saturated carbocycles.